The molecule has 7 nitrogen and oxygen atoms in total. The van der Waals surface area contributed by atoms with Gasteiger partial charge in [0.25, 0.3) is 5.91 Å². The van der Waals surface area contributed by atoms with E-state index in [-0.39, 0.29) is 22.9 Å². The quantitative estimate of drug-likeness (QED) is 0.753. The van der Waals surface area contributed by atoms with Gasteiger partial charge in [-0.05, 0) is 48.2 Å². The van der Waals surface area contributed by atoms with Crippen molar-refractivity contribution in [3.05, 3.63) is 47.5 Å². The minimum atomic E-state index is -3.99. The smallest absolute Gasteiger partial charge is 0.262 e. The molecule has 2 rings (SSSR count). The molecule has 0 aliphatic rings. The Bertz CT molecular complexity index is 939. The van der Waals surface area contributed by atoms with Gasteiger partial charge in [0.05, 0.1) is 7.11 Å². The van der Waals surface area contributed by atoms with Crippen molar-refractivity contribution in [2.75, 3.05) is 19.0 Å². The number of hydrogen-bond donors (Lipinski definition) is 2. The predicted octanol–water partition coefficient (Wildman–Crippen LogP) is 2.79. The molecule has 0 aliphatic heterocycles. The topological polar surface area (TPSA) is 108 Å². The number of carbonyl (C=O) groups excluding carboxylic acids is 1. The van der Waals surface area contributed by atoms with Gasteiger partial charge in [0.1, 0.15) is 16.4 Å². The summed E-state index contributed by atoms with van der Waals surface area (Å²) < 4.78 is 33.9. The molecule has 0 saturated carbocycles. The van der Waals surface area contributed by atoms with Crippen molar-refractivity contribution in [1.29, 1.82) is 0 Å². The van der Waals surface area contributed by atoms with E-state index in [0.717, 1.165) is 11.1 Å². The first-order valence-electron chi connectivity index (χ1n) is 8.36. The second-order valence-electron chi connectivity index (χ2n) is 6.43. The summed E-state index contributed by atoms with van der Waals surface area (Å²) in [6.07, 6.45) is 0. The van der Waals surface area contributed by atoms with Crippen LogP contribution >= 0.6 is 0 Å². The fourth-order valence-corrected chi connectivity index (χ4v) is 3.17. The van der Waals surface area contributed by atoms with Crippen LogP contribution < -0.4 is 19.9 Å². The van der Waals surface area contributed by atoms with Gasteiger partial charge in [0.15, 0.2) is 6.61 Å². The zero-order valence-corrected chi connectivity index (χ0v) is 16.6. The van der Waals surface area contributed by atoms with Crippen LogP contribution in [0.25, 0.3) is 0 Å². The van der Waals surface area contributed by atoms with Gasteiger partial charge < -0.3 is 14.8 Å². The van der Waals surface area contributed by atoms with Gasteiger partial charge in [0, 0.05) is 5.69 Å². The highest BCUT2D eigenvalue weighted by molar-refractivity contribution is 7.89. The summed E-state index contributed by atoms with van der Waals surface area (Å²) in [5.74, 6) is 0.664. The first kappa shape index (κ1) is 20.7. The van der Waals surface area contributed by atoms with E-state index in [4.69, 9.17) is 14.6 Å². The normalized spacial score (nSPS) is 11.3. The average molecular weight is 392 g/mol. The van der Waals surface area contributed by atoms with E-state index in [9.17, 15) is 13.2 Å². The maximum Gasteiger partial charge on any atom is 0.262 e. The number of sulfonamides is 1. The Balaban J connectivity index is 2.10. The SMILES string of the molecule is COc1ccc(NC(=O)COc2cc(C(C)C)ccc2C)cc1S(N)(=O)=O. The van der Waals surface area contributed by atoms with Gasteiger partial charge in [-0.3, -0.25) is 4.79 Å². The summed E-state index contributed by atoms with van der Waals surface area (Å²) in [6, 6.07) is 10.1. The van der Waals surface area contributed by atoms with Crippen molar-refractivity contribution in [2.45, 2.75) is 31.6 Å². The van der Waals surface area contributed by atoms with Crippen molar-refractivity contribution >= 4 is 21.6 Å². The number of nitrogens with two attached hydrogens (primary N) is 1. The number of ether oxygens (including phenoxy) is 2. The van der Waals surface area contributed by atoms with Gasteiger partial charge in [-0.2, -0.15) is 0 Å². The highest BCUT2D eigenvalue weighted by Crippen LogP contribution is 2.26. The lowest BCUT2D eigenvalue weighted by Gasteiger charge is -2.13. The van der Waals surface area contributed by atoms with Crippen LogP contribution in [0.5, 0.6) is 11.5 Å². The molecule has 0 bridgehead atoms. The van der Waals surface area contributed by atoms with Crippen LogP contribution in [-0.2, 0) is 14.8 Å². The number of benzene rings is 2. The molecule has 27 heavy (non-hydrogen) atoms. The summed E-state index contributed by atoms with van der Waals surface area (Å²) in [4.78, 5) is 12.0. The van der Waals surface area contributed by atoms with Gasteiger partial charge in [-0.15, -0.1) is 0 Å². The number of anilines is 1. The number of methoxy groups -OCH3 is 1. The number of amides is 1. The molecule has 0 aromatic heterocycles. The fourth-order valence-electron chi connectivity index (χ4n) is 2.45. The lowest BCUT2D eigenvalue weighted by atomic mass is 10.0. The molecule has 0 radical (unpaired) electrons. The number of hydrogen-bond acceptors (Lipinski definition) is 5. The number of nitrogens with one attached hydrogen (secondary N) is 1. The second kappa shape index (κ2) is 8.41. The van der Waals surface area contributed by atoms with Gasteiger partial charge >= 0.3 is 0 Å². The maximum absolute atomic E-state index is 12.2. The standard InChI is InChI=1S/C19H24N2O5S/c1-12(2)14-6-5-13(3)17(9-14)26-11-19(22)21-15-7-8-16(25-4)18(10-15)27(20,23)24/h5-10,12H,11H2,1-4H3,(H,21,22)(H2,20,23,24). The Hall–Kier alpha value is -2.58. The van der Waals surface area contributed by atoms with E-state index in [1.165, 1.54) is 25.3 Å². The van der Waals surface area contributed by atoms with Crippen LogP contribution in [0.4, 0.5) is 5.69 Å². The molecule has 3 N–H and O–H groups in total. The number of primary sulfonamides is 1. The highest BCUT2D eigenvalue weighted by atomic mass is 32.2. The van der Waals surface area contributed by atoms with Crippen LogP contribution in [0, 0.1) is 6.92 Å². The molecule has 2 aromatic rings. The molecule has 1 amide bonds. The molecular formula is C19H24N2O5S. The minimum Gasteiger partial charge on any atom is -0.495 e. The number of rotatable bonds is 7. The summed E-state index contributed by atoms with van der Waals surface area (Å²) in [5, 5.41) is 7.77. The van der Waals surface area contributed by atoms with Crippen molar-refractivity contribution < 1.29 is 22.7 Å². The fraction of sp³-hybridized carbons (Fsp3) is 0.316. The molecule has 2 aromatic carbocycles. The molecule has 0 spiro atoms. The molecule has 0 saturated heterocycles. The Morgan fingerprint density at radius 3 is 2.44 bits per heavy atom. The highest BCUT2D eigenvalue weighted by Gasteiger charge is 2.16. The largest absolute Gasteiger partial charge is 0.495 e. The third kappa shape index (κ3) is 5.45. The Morgan fingerprint density at radius 2 is 1.85 bits per heavy atom. The first-order chi connectivity index (χ1) is 12.6. The van der Waals surface area contributed by atoms with Gasteiger partial charge in [-0.25, -0.2) is 13.6 Å². The summed E-state index contributed by atoms with van der Waals surface area (Å²) in [6.45, 7) is 5.85. The zero-order valence-electron chi connectivity index (χ0n) is 15.8. The molecule has 0 atom stereocenters. The van der Waals surface area contributed by atoms with E-state index < -0.39 is 15.9 Å². The van der Waals surface area contributed by atoms with Crippen molar-refractivity contribution in [2.24, 2.45) is 5.14 Å². The molecule has 0 aliphatic carbocycles. The average Bonchev–Trinajstić information content (AvgIpc) is 2.60. The van der Waals surface area contributed by atoms with Crippen molar-refractivity contribution in [3.63, 3.8) is 0 Å². The Kier molecular flexibility index (Phi) is 6.45. The van der Waals surface area contributed by atoms with Crippen LogP contribution in [0.15, 0.2) is 41.3 Å². The van der Waals surface area contributed by atoms with E-state index in [0.29, 0.717) is 11.7 Å². The molecule has 0 fully saturated rings. The molecule has 0 unspecified atom stereocenters. The van der Waals surface area contributed by atoms with Crippen molar-refractivity contribution in [1.82, 2.24) is 0 Å². The van der Waals surface area contributed by atoms with E-state index in [1.807, 2.05) is 25.1 Å². The number of carbonyl (C=O) groups is 1. The predicted molar refractivity (Wildman–Crippen MR) is 104 cm³/mol. The monoisotopic (exact) mass is 392 g/mol. The maximum atomic E-state index is 12.2. The summed E-state index contributed by atoms with van der Waals surface area (Å²) >= 11 is 0. The van der Waals surface area contributed by atoms with E-state index in [2.05, 4.69) is 19.2 Å². The number of aryl methyl sites for hydroxylation is 1. The van der Waals surface area contributed by atoms with E-state index >= 15 is 0 Å². The zero-order chi connectivity index (χ0) is 20.2. The third-order valence-electron chi connectivity index (χ3n) is 3.99. The van der Waals surface area contributed by atoms with Gasteiger partial charge in [-0.1, -0.05) is 26.0 Å². The summed E-state index contributed by atoms with van der Waals surface area (Å²) in [7, 11) is -2.65. The second-order valence-corrected chi connectivity index (χ2v) is 7.96. The van der Waals surface area contributed by atoms with Crippen LogP contribution in [-0.4, -0.2) is 28.0 Å². The molecule has 146 valence electrons. The lowest BCUT2D eigenvalue weighted by molar-refractivity contribution is -0.118. The lowest BCUT2D eigenvalue weighted by Crippen LogP contribution is -2.21. The molecular weight excluding hydrogens is 368 g/mol. The summed E-state index contributed by atoms with van der Waals surface area (Å²) in [5.41, 5.74) is 2.32. The minimum absolute atomic E-state index is 0.105. The molecule has 8 heteroatoms. The Morgan fingerprint density at radius 1 is 1.15 bits per heavy atom. The van der Waals surface area contributed by atoms with Crippen LogP contribution in [0.3, 0.4) is 0 Å². The van der Waals surface area contributed by atoms with Crippen molar-refractivity contribution in [3.8, 4) is 11.5 Å². The Labute approximate surface area is 159 Å². The van der Waals surface area contributed by atoms with Gasteiger partial charge in [0.2, 0.25) is 10.0 Å². The van der Waals surface area contributed by atoms with Crippen LogP contribution in [0.1, 0.15) is 30.9 Å². The molecule has 0 heterocycles. The first-order valence-corrected chi connectivity index (χ1v) is 9.90. The van der Waals surface area contributed by atoms with Crippen LogP contribution in [0.2, 0.25) is 0 Å². The third-order valence-corrected chi connectivity index (χ3v) is 4.92. The van der Waals surface area contributed by atoms with E-state index in [1.54, 1.807) is 0 Å².